The number of phenolic OH excluding ortho intramolecular Hbond substituents is 1. The van der Waals surface area contributed by atoms with Gasteiger partial charge in [0.1, 0.15) is 5.75 Å². The topological polar surface area (TPSA) is 20.2 Å². The van der Waals surface area contributed by atoms with Gasteiger partial charge in [-0.05, 0) is 6.07 Å². The van der Waals surface area contributed by atoms with Crippen LogP contribution in [-0.2, 0) is 0 Å². The third-order valence-electron chi connectivity index (χ3n) is 0.693. The van der Waals surface area contributed by atoms with Crippen molar-refractivity contribution in [2.24, 2.45) is 0 Å². The summed E-state index contributed by atoms with van der Waals surface area (Å²) in [5.74, 6) is 0.197. The molecule has 2 heteroatoms. The Morgan fingerprint density at radius 1 is 1.38 bits per heavy atom. The molecule has 0 saturated carbocycles. The van der Waals surface area contributed by atoms with Crippen molar-refractivity contribution in [1.29, 1.82) is 0 Å². The van der Waals surface area contributed by atoms with Gasteiger partial charge in [-0.25, -0.2) is 0 Å². The minimum atomic E-state index is 0. The van der Waals surface area contributed by atoms with Gasteiger partial charge in [-0.2, -0.15) is 0 Å². The molecule has 1 nitrogen and oxygen atoms in total. The van der Waals surface area contributed by atoms with Crippen LogP contribution in [0.4, 0.5) is 0 Å². The van der Waals surface area contributed by atoms with Crippen LogP contribution < -0.4 is 0 Å². The van der Waals surface area contributed by atoms with E-state index >= 15 is 0 Å². The first-order chi connectivity index (χ1) is 3.39. The van der Waals surface area contributed by atoms with Gasteiger partial charge in [0.2, 0.25) is 0 Å². The number of para-hydroxylation sites is 1. The molecular formula is C6H7BeO. The normalized spacial score (nSPS) is 7.50. The van der Waals surface area contributed by atoms with Crippen LogP contribution in [0.15, 0.2) is 24.3 Å². The van der Waals surface area contributed by atoms with Crippen molar-refractivity contribution < 1.29 is 5.11 Å². The Bertz CT molecular complexity index is 138. The zero-order valence-corrected chi connectivity index (χ0v) is 3.76. The summed E-state index contributed by atoms with van der Waals surface area (Å²) in [6.45, 7) is 0. The molecule has 1 N–H and O–H groups in total. The van der Waals surface area contributed by atoms with Crippen molar-refractivity contribution in [3.05, 3.63) is 30.3 Å². The Balaban J connectivity index is 0.000000490. The molecule has 0 aliphatic carbocycles. The molecule has 0 bridgehead atoms. The molecule has 1 aromatic rings. The van der Waals surface area contributed by atoms with Crippen molar-refractivity contribution in [1.82, 2.24) is 0 Å². The van der Waals surface area contributed by atoms with Gasteiger partial charge in [0.05, 0.1) is 0 Å². The van der Waals surface area contributed by atoms with E-state index in [0.29, 0.717) is 0 Å². The van der Waals surface area contributed by atoms with E-state index < -0.39 is 0 Å². The summed E-state index contributed by atoms with van der Waals surface area (Å²) in [7, 11) is 0. The Labute approximate surface area is 52.2 Å². The molecule has 0 aliphatic rings. The molecule has 0 aromatic heterocycles. The second-order valence-electron chi connectivity index (χ2n) is 1.25. The zero-order valence-electron chi connectivity index (χ0n) is 3.76. The molecule has 1 aromatic carbocycles. The van der Waals surface area contributed by atoms with Crippen LogP contribution in [-0.4, -0.2) is 15.2 Å². The predicted octanol–water partition coefficient (Wildman–Crippen LogP) is 0.276. The number of benzene rings is 1. The quantitative estimate of drug-likeness (QED) is 0.468. The van der Waals surface area contributed by atoms with E-state index in [1.165, 1.54) is 0 Å². The Morgan fingerprint density at radius 3 is 2.38 bits per heavy atom. The van der Waals surface area contributed by atoms with E-state index in [0.717, 1.165) is 0 Å². The third kappa shape index (κ3) is 1.76. The fourth-order valence-corrected chi connectivity index (χ4v) is 0.384. The van der Waals surface area contributed by atoms with E-state index in [1.54, 1.807) is 24.3 Å². The van der Waals surface area contributed by atoms with Crippen LogP contribution in [0.5, 0.6) is 5.75 Å². The number of phenols is 1. The molecule has 0 saturated heterocycles. The van der Waals surface area contributed by atoms with Crippen LogP contribution >= 0.6 is 0 Å². The molecule has 0 heterocycles. The van der Waals surface area contributed by atoms with Gasteiger partial charge in [0.25, 0.3) is 0 Å². The molecule has 0 amide bonds. The van der Waals surface area contributed by atoms with E-state index in [9.17, 15) is 0 Å². The average Bonchev–Trinajstić information content (AvgIpc) is 1.69. The first-order valence-electron chi connectivity index (χ1n) is 2.05. The van der Waals surface area contributed by atoms with E-state index in [4.69, 9.17) is 5.11 Å². The number of hydrogen-bond acceptors (Lipinski definition) is 1. The SMILES string of the molecule is Oc1[c]cccc1.[BeH2]. The van der Waals surface area contributed by atoms with Crippen LogP contribution in [0.3, 0.4) is 0 Å². The van der Waals surface area contributed by atoms with Crippen molar-refractivity contribution in [3.8, 4) is 5.75 Å². The standard InChI is InChI=1S/C6H5O.Be.2H/c7-6-4-2-1-3-5-6;;;/h1-4,7H;;;. The Hall–Kier alpha value is -0.811. The van der Waals surface area contributed by atoms with E-state index in [1.807, 2.05) is 0 Å². The molecular weight excluding hydrogens is 97.1 g/mol. The van der Waals surface area contributed by atoms with E-state index in [2.05, 4.69) is 6.07 Å². The Kier molecular flexibility index (Phi) is 2.90. The number of rotatable bonds is 0. The first kappa shape index (κ1) is 7.19. The molecule has 0 atom stereocenters. The van der Waals surface area contributed by atoms with Gasteiger partial charge in [-0.15, -0.1) is 0 Å². The maximum atomic E-state index is 8.58. The molecule has 1 rings (SSSR count). The maximum absolute atomic E-state index is 8.58. The van der Waals surface area contributed by atoms with Crippen LogP contribution in [0.1, 0.15) is 0 Å². The summed E-state index contributed by atoms with van der Waals surface area (Å²) in [5, 5.41) is 8.58. The first-order valence-corrected chi connectivity index (χ1v) is 2.05. The summed E-state index contributed by atoms with van der Waals surface area (Å²) < 4.78 is 0. The van der Waals surface area contributed by atoms with Crippen LogP contribution in [0, 0.1) is 6.07 Å². The number of aromatic hydroxyl groups is 1. The van der Waals surface area contributed by atoms with Gasteiger partial charge < -0.3 is 5.11 Å². The molecule has 1 radical (unpaired) electrons. The predicted molar refractivity (Wildman–Crippen MR) is 35.5 cm³/mol. The molecule has 8 heavy (non-hydrogen) atoms. The minimum absolute atomic E-state index is 0. The average molecular weight is 104 g/mol. The molecule has 0 fully saturated rings. The zero-order chi connectivity index (χ0) is 5.11. The van der Waals surface area contributed by atoms with Crippen molar-refractivity contribution in [2.75, 3.05) is 0 Å². The number of hydrogen-bond donors (Lipinski definition) is 1. The van der Waals surface area contributed by atoms with E-state index in [-0.39, 0.29) is 15.9 Å². The third-order valence-corrected chi connectivity index (χ3v) is 0.693. The monoisotopic (exact) mass is 104 g/mol. The molecule has 0 spiro atoms. The Morgan fingerprint density at radius 2 is 2.12 bits per heavy atom. The second kappa shape index (κ2) is 3.22. The van der Waals surface area contributed by atoms with Gasteiger partial charge in [0, 0.05) is 6.07 Å². The summed E-state index contributed by atoms with van der Waals surface area (Å²) >= 11 is 0. The summed E-state index contributed by atoms with van der Waals surface area (Å²) in [6, 6.07) is 9.39. The summed E-state index contributed by atoms with van der Waals surface area (Å²) in [6.07, 6.45) is 0. The van der Waals surface area contributed by atoms with Crippen LogP contribution in [0.2, 0.25) is 0 Å². The molecule has 0 aliphatic heterocycles. The fourth-order valence-electron chi connectivity index (χ4n) is 0.384. The molecule has 39 valence electrons. The summed E-state index contributed by atoms with van der Waals surface area (Å²) in [5.41, 5.74) is 0. The molecule has 0 unspecified atom stereocenters. The summed E-state index contributed by atoms with van der Waals surface area (Å²) in [4.78, 5) is 0. The van der Waals surface area contributed by atoms with Crippen molar-refractivity contribution >= 4 is 10.1 Å². The fraction of sp³-hybridized carbons (Fsp3) is 0. The van der Waals surface area contributed by atoms with Crippen molar-refractivity contribution in [2.45, 2.75) is 0 Å². The van der Waals surface area contributed by atoms with Gasteiger partial charge >= 0.3 is 10.1 Å². The van der Waals surface area contributed by atoms with Gasteiger partial charge in [-0.3, -0.25) is 0 Å². The van der Waals surface area contributed by atoms with Gasteiger partial charge in [0.15, 0.2) is 0 Å². The van der Waals surface area contributed by atoms with Crippen LogP contribution in [0.25, 0.3) is 0 Å². The van der Waals surface area contributed by atoms with Crippen molar-refractivity contribution in [3.63, 3.8) is 0 Å². The second-order valence-corrected chi connectivity index (χ2v) is 1.25. The van der Waals surface area contributed by atoms with Gasteiger partial charge in [-0.1, -0.05) is 18.2 Å².